The van der Waals surface area contributed by atoms with Crippen LogP contribution in [0.1, 0.15) is 27.2 Å². The van der Waals surface area contributed by atoms with Crippen molar-refractivity contribution in [3.63, 3.8) is 0 Å². The van der Waals surface area contributed by atoms with Crippen molar-refractivity contribution in [1.29, 1.82) is 0 Å². The topological polar surface area (TPSA) is 113 Å². The Hall–Kier alpha value is -1.85. The molecule has 10 nitrogen and oxygen atoms in total. The van der Waals surface area contributed by atoms with Gasteiger partial charge in [0.1, 0.15) is 6.10 Å². The third-order valence-corrected chi connectivity index (χ3v) is 6.18. The Morgan fingerprint density at radius 2 is 2.16 bits per heavy atom. The van der Waals surface area contributed by atoms with E-state index in [0.717, 1.165) is 6.20 Å². The molecule has 31 heavy (non-hydrogen) atoms. The molecule has 0 saturated carbocycles. The summed E-state index contributed by atoms with van der Waals surface area (Å²) >= 11 is 0. The second kappa shape index (κ2) is 8.95. The molecule has 3 rings (SSSR count). The molecule has 0 radical (unpaired) electrons. The van der Waals surface area contributed by atoms with Crippen molar-refractivity contribution in [1.82, 2.24) is 10.2 Å². The maximum absolute atomic E-state index is 15.0. The fourth-order valence-electron chi connectivity index (χ4n) is 3.11. The minimum Gasteiger partial charge on any atom is -0.463 e. The Labute approximate surface area is 178 Å². The van der Waals surface area contributed by atoms with Crippen LogP contribution in [0.5, 0.6) is 0 Å². The smallest absolute Gasteiger partial charge is 0.463 e. The summed E-state index contributed by atoms with van der Waals surface area (Å²) in [6, 6.07) is -0.849. The molecule has 3 aliphatic heterocycles. The van der Waals surface area contributed by atoms with Crippen LogP contribution in [0, 0.1) is 5.92 Å². The highest BCUT2D eigenvalue weighted by molar-refractivity contribution is 7.48. The Morgan fingerprint density at radius 3 is 2.81 bits per heavy atom. The molecule has 0 aromatic heterocycles. The Kier molecular flexibility index (Phi) is 6.87. The fourth-order valence-corrected chi connectivity index (χ4v) is 4.52. The maximum Gasteiger partial charge on any atom is 0.475 e. The first kappa shape index (κ1) is 23.8. The average Bonchev–Trinajstić information content (AvgIpc) is 2.91. The summed E-state index contributed by atoms with van der Waals surface area (Å²) in [6.07, 6.45) is -2.93. The summed E-state index contributed by atoms with van der Waals surface area (Å²) in [7, 11) is -4.33. The molecule has 2 amide bonds. The van der Waals surface area contributed by atoms with Crippen molar-refractivity contribution in [3.05, 3.63) is 24.6 Å². The summed E-state index contributed by atoms with van der Waals surface area (Å²) in [4.78, 5) is 24.5. The van der Waals surface area contributed by atoms with Crippen LogP contribution in [0.4, 0.5) is 13.6 Å². The van der Waals surface area contributed by atoms with Crippen molar-refractivity contribution in [2.24, 2.45) is 5.92 Å². The summed E-state index contributed by atoms with van der Waals surface area (Å²) in [5.74, 6) is -4.73. The zero-order valence-electron chi connectivity index (χ0n) is 17.3. The van der Waals surface area contributed by atoms with Crippen LogP contribution in [-0.2, 0) is 32.4 Å². The van der Waals surface area contributed by atoms with E-state index in [9.17, 15) is 22.9 Å². The van der Waals surface area contributed by atoms with Gasteiger partial charge in [0.05, 0.1) is 25.2 Å². The number of carbonyl (C=O) groups is 2. The summed E-state index contributed by atoms with van der Waals surface area (Å²) in [6.45, 7) is 7.80. The number of fused-ring (bicyclic) bond motifs is 1. The Balaban J connectivity index is 1.61. The molecule has 5 atom stereocenters. The van der Waals surface area contributed by atoms with Crippen molar-refractivity contribution in [3.8, 4) is 0 Å². The van der Waals surface area contributed by atoms with Crippen molar-refractivity contribution < 1.29 is 46.0 Å². The molecular weight excluding hydrogens is 441 g/mol. The number of hydrogen-bond donors (Lipinski definition) is 1. The number of ether oxygens (including phenoxy) is 2. The minimum atomic E-state index is -4.33. The number of halogens is 2. The zero-order chi connectivity index (χ0) is 23.0. The third-order valence-electron chi connectivity index (χ3n) is 4.73. The van der Waals surface area contributed by atoms with Gasteiger partial charge < -0.3 is 14.8 Å². The molecule has 174 valence electrons. The van der Waals surface area contributed by atoms with Crippen LogP contribution in [-0.4, -0.2) is 60.6 Å². The zero-order valence-corrected chi connectivity index (χ0v) is 18.2. The number of urea groups is 1. The second-order valence-electron chi connectivity index (χ2n) is 7.66. The van der Waals surface area contributed by atoms with Gasteiger partial charge in [-0.3, -0.25) is 23.3 Å². The number of carbonyl (C=O) groups excluding carboxylic acids is 2. The minimum absolute atomic E-state index is 0.120. The molecule has 0 aliphatic carbocycles. The Bertz CT molecular complexity index is 820. The van der Waals surface area contributed by atoms with E-state index in [0.29, 0.717) is 4.90 Å². The number of phosphoric ester groups is 1. The lowest BCUT2D eigenvalue weighted by molar-refractivity contribution is -0.152. The van der Waals surface area contributed by atoms with Gasteiger partial charge in [-0.1, -0.05) is 13.5 Å². The van der Waals surface area contributed by atoms with Gasteiger partial charge in [-0.05, 0) is 26.3 Å². The van der Waals surface area contributed by atoms with Gasteiger partial charge in [-0.25, -0.2) is 9.36 Å². The van der Waals surface area contributed by atoms with E-state index in [2.05, 4.69) is 11.9 Å². The van der Waals surface area contributed by atoms with E-state index in [1.54, 1.807) is 20.8 Å². The number of hydrogen-bond acceptors (Lipinski definition) is 8. The molecule has 0 spiro atoms. The summed E-state index contributed by atoms with van der Waals surface area (Å²) < 4.78 is 68.2. The fraction of sp³-hybridized carbons (Fsp3) is 0.667. The van der Waals surface area contributed by atoms with E-state index >= 15 is 0 Å². The number of rotatable bonds is 7. The molecule has 3 aliphatic rings. The normalized spacial score (nSPS) is 33.2. The molecule has 2 fully saturated rings. The first-order valence-corrected chi connectivity index (χ1v) is 11.2. The first-order valence-electron chi connectivity index (χ1n) is 9.70. The number of allylic oxidation sites excluding steroid dienone is 1. The Morgan fingerprint density at radius 1 is 1.45 bits per heavy atom. The van der Waals surface area contributed by atoms with E-state index in [1.807, 2.05) is 0 Å². The number of alkyl halides is 2. The molecular formula is C18H25F2N2O8P. The standard InChI is InChI=1S/C18H25F2N2O8P/c1-10(2)28-15(23)11(3)6-8-26-31(25)27-9-13-14(30-31)18(19,20)16(29-13)22-7-5-12(4)21-17(22)24/h5,7,10-11,13-14,16H,4,6,8-9H2,1-3H3,(H,21,24)/t11-,13+,14+,16+,31?/m0/s1. The number of nitrogens with zero attached hydrogens (tertiary/aromatic N) is 1. The van der Waals surface area contributed by atoms with Gasteiger partial charge in [0, 0.05) is 11.9 Å². The van der Waals surface area contributed by atoms with Gasteiger partial charge in [-0.15, -0.1) is 0 Å². The van der Waals surface area contributed by atoms with Gasteiger partial charge in [0.25, 0.3) is 0 Å². The van der Waals surface area contributed by atoms with E-state index in [4.69, 9.17) is 23.0 Å². The number of nitrogens with one attached hydrogen (secondary N) is 1. The number of esters is 1. The molecule has 0 aromatic carbocycles. The van der Waals surface area contributed by atoms with Gasteiger partial charge >= 0.3 is 25.7 Å². The lowest BCUT2D eigenvalue weighted by Gasteiger charge is -2.33. The second-order valence-corrected chi connectivity index (χ2v) is 9.28. The largest absolute Gasteiger partial charge is 0.475 e. The quantitative estimate of drug-likeness (QED) is 0.450. The predicted octanol–water partition coefficient (Wildman–Crippen LogP) is 2.92. The molecule has 13 heteroatoms. The molecule has 2 saturated heterocycles. The van der Waals surface area contributed by atoms with Crippen molar-refractivity contribution in [2.75, 3.05) is 13.2 Å². The van der Waals surface area contributed by atoms with Crippen LogP contribution in [0.3, 0.4) is 0 Å². The van der Waals surface area contributed by atoms with Crippen molar-refractivity contribution in [2.45, 2.75) is 57.7 Å². The molecule has 3 heterocycles. The lowest BCUT2D eigenvalue weighted by Crippen LogP contribution is -2.53. The van der Waals surface area contributed by atoms with Gasteiger partial charge in [-0.2, -0.15) is 8.78 Å². The lowest BCUT2D eigenvalue weighted by atomic mass is 10.1. The van der Waals surface area contributed by atoms with Gasteiger partial charge in [0.2, 0.25) is 6.23 Å². The van der Waals surface area contributed by atoms with Crippen LogP contribution in [0.15, 0.2) is 24.6 Å². The van der Waals surface area contributed by atoms with Crippen LogP contribution in [0.25, 0.3) is 0 Å². The van der Waals surface area contributed by atoms with E-state index in [-0.39, 0.29) is 24.8 Å². The highest BCUT2D eigenvalue weighted by Crippen LogP contribution is 2.58. The molecule has 0 aromatic rings. The van der Waals surface area contributed by atoms with Crippen LogP contribution >= 0.6 is 7.82 Å². The summed E-state index contributed by atoms with van der Waals surface area (Å²) in [5.41, 5.74) is 0.240. The van der Waals surface area contributed by atoms with Crippen molar-refractivity contribution >= 4 is 19.8 Å². The SMILES string of the molecule is C=C1C=CN([C@@H]2O[C@@H]3COP(=O)(OCC[C@H](C)C(=O)OC(C)C)O[C@H]3C2(F)F)C(=O)N1. The van der Waals surface area contributed by atoms with E-state index < -0.39 is 56.7 Å². The maximum atomic E-state index is 15.0. The highest BCUT2D eigenvalue weighted by Gasteiger charge is 2.66. The third kappa shape index (κ3) is 5.15. The molecule has 0 bridgehead atoms. The predicted molar refractivity (Wildman–Crippen MR) is 102 cm³/mol. The highest BCUT2D eigenvalue weighted by atomic mass is 31.2. The average molecular weight is 466 g/mol. The monoisotopic (exact) mass is 466 g/mol. The number of phosphoric acid groups is 1. The van der Waals surface area contributed by atoms with Crippen LogP contribution in [0.2, 0.25) is 0 Å². The first-order chi connectivity index (χ1) is 14.4. The molecule has 1 unspecified atom stereocenters. The number of amides is 2. The van der Waals surface area contributed by atoms with Crippen LogP contribution < -0.4 is 5.32 Å². The van der Waals surface area contributed by atoms with Gasteiger partial charge in [0.15, 0.2) is 6.10 Å². The molecule has 1 N–H and O–H groups in total. The van der Waals surface area contributed by atoms with E-state index in [1.165, 1.54) is 6.08 Å². The summed E-state index contributed by atoms with van der Waals surface area (Å²) in [5, 5.41) is 2.30.